The molecule has 0 unspecified atom stereocenters. The van der Waals surface area contributed by atoms with Crippen molar-refractivity contribution in [1.82, 2.24) is 9.88 Å². The number of fused-ring (bicyclic) bond motifs is 1. The SMILES string of the molecule is CC(C)(C)NCCCn1c2c(ccc1=O)CCC2. The van der Waals surface area contributed by atoms with Gasteiger partial charge in [0.25, 0.3) is 5.56 Å². The second-order valence-corrected chi connectivity index (χ2v) is 6.18. The Morgan fingerprint density at radius 2 is 2.06 bits per heavy atom. The first kappa shape index (κ1) is 13.3. The van der Waals surface area contributed by atoms with Crippen LogP contribution in [-0.4, -0.2) is 16.7 Å². The number of nitrogens with zero attached hydrogens (tertiary/aromatic N) is 1. The Morgan fingerprint density at radius 1 is 1.28 bits per heavy atom. The topological polar surface area (TPSA) is 34.0 Å². The van der Waals surface area contributed by atoms with E-state index in [1.807, 2.05) is 10.6 Å². The molecule has 2 rings (SSSR count). The zero-order chi connectivity index (χ0) is 13.2. The number of aryl methyl sites for hydroxylation is 1. The zero-order valence-electron chi connectivity index (χ0n) is 11.8. The minimum atomic E-state index is 0.156. The molecule has 0 amide bonds. The Hall–Kier alpha value is -1.09. The second-order valence-electron chi connectivity index (χ2n) is 6.18. The molecule has 0 radical (unpaired) electrons. The van der Waals surface area contributed by atoms with E-state index in [0.717, 1.165) is 32.4 Å². The lowest BCUT2D eigenvalue weighted by Gasteiger charge is -2.21. The molecule has 0 aromatic carbocycles. The average Bonchev–Trinajstić information content (AvgIpc) is 2.73. The molecule has 0 fully saturated rings. The van der Waals surface area contributed by atoms with Crippen molar-refractivity contribution in [2.24, 2.45) is 0 Å². The minimum absolute atomic E-state index is 0.156. The van der Waals surface area contributed by atoms with Gasteiger partial charge in [0.05, 0.1) is 0 Å². The molecule has 0 atom stereocenters. The molecular weight excluding hydrogens is 224 g/mol. The monoisotopic (exact) mass is 248 g/mol. The summed E-state index contributed by atoms with van der Waals surface area (Å²) in [5, 5.41) is 3.46. The van der Waals surface area contributed by atoms with Crippen molar-refractivity contribution in [3.8, 4) is 0 Å². The van der Waals surface area contributed by atoms with Gasteiger partial charge in [0.15, 0.2) is 0 Å². The van der Waals surface area contributed by atoms with Crippen molar-refractivity contribution >= 4 is 0 Å². The molecule has 1 aromatic rings. The number of rotatable bonds is 4. The van der Waals surface area contributed by atoms with E-state index in [1.54, 1.807) is 6.07 Å². The fourth-order valence-electron chi connectivity index (χ4n) is 2.58. The maximum Gasteiger partial charge on any atom is 0.250 e. The van der Waals surface area contributed by atoms with Crippen LogP contribution in [0.15, 0.2) is 16.9 Å². The van der Waals surface area contributed by atoms with Crippen LogP contribution < -0.4 is 10.9 Å². The molecule has 1 N–H and O–H groups in total. The minimum Gasteiger partial charge on any atom is -0.312 e. The van der Waals surface area contributed by atoms with Crippen LogP contribution in [0.2, 0.25) is 0 Å². The molecule has 100 valence electrons. The van der Waals surface area contributed by atoms with Gasteiger partial charge in [-0.1, -0.05) is 6.07 Å². The van der Waals surface area contributed by atoms with Gasteiger partial charge in [-0.3, -0.25) is 4.79 Å². The first-order valence-electron chi connectivity index (χ1n) is 6.94. The van der Waals surface area contributed by atoms with Gasteiger partial charge < -0.3 is 9.88 Å². The van der Waals surface area contributed by atoms with E-state index in [0.29, 0.717) is 0 Å². The third-order valence-corrected chi connectivity index (χ3v) is 3.46. The summed E-state index contributed by atoms with van der Waals surface area (Å²) in [5.41, 5.74) is 2.96. The fourth-order valence-corrected chi connectivity index (χ4v) is 2.58. The van der Waals surface area contributed by atoms with Gasteiger partial charge in [0.1, 0.15) is 0 Å². The number of aromatic nitrogens is 1. The van der Waals surface area contributed by atoms with E-state index in [-0.39, 0.29) is 11.1 Å². The molecule has 0 bridgehead atoms. The highest BCUT2D eigenvalue weighted by Gasteiger charge is 2.15. The lowest BCUT2D eigenvalue weighted by Crippen LogP contribution is -2.37. The Labute approximate surface area is 109 Å². The Bertz CT molecular complexity index is 468. The largest absolute Gasteiger partial charge is 0.312 e. The van der Waals surface area contributed by atoms with E-state index in [2.05, 4.69) is 26.1 Å². The van der Waals surface area contributed by atoms with Gasteiger partial charge in [-0.25, -0.2) is 0 Å². The van der Waals surface area contributed by atoms with Crippen molar-refractivity contribution < 1.29 is 0 Å². The third-order valence-electron chi connectivity index (χ3n) is 3.46. The quantitative estimate of drug-likeness (QED) is 0.828. The molecule has 1 aliphatic rings. The molecule has 0 spiro atoms. The molecule has 0 saturated heterocycles. The Morgan fingerprint density at radius 3 is 2.78 bits per heavy atom. The lowest BCUT2D eigenvalue weighted by atomic mass is 10.1. The van der Waals surface area contributed by atoms with Crippen molar-refractivity contribution in [3.05, 3.63) is 33.7 Å². The summed E-state index contributed by atoms with van der Waals surface area (Å²) >= 11 is 0. The molecule has 18 heavy (non-hydrogen) atoms. The third kappa shape index (κ3) is 3.22. The molecular formula is C15H24N2O. The highest BCUT2D eigenvalue weighted by Crippen LogP contribution is 2.19. The van der Waals surface area contributed by atoms with Gasteiger partial charge in [0.2, 0.25) is 0 Å². The van der Waals surface area contributed by atoms with Gasteiger partial charge >= 0.3 is 0 Å². The van der Waals surface area contributed by atoms with Crippen molar-refractivity contribution in [2.75, 3.05) is 6.54 Å². The molecule has 1 aliphatic carbocycles. The normalized spacial score (nSPS) is 14.8. The Kier molecular flexibility index (Phi) is 3.91. The van der Waals surface area contributed by atoms with E-state index >= 15 is 0 Å². The standard InChI is InChI=1S/C15H24N2O/c1-15(2,3)16-10-5-11-17-13-7-4-6-12(13)8-9-14(17)18/h8-9,16H,4-7,10-11H2,1-3H3. The van der Waals surface area contributed by atoms with Gasteiger partial charge in [-0.05, 0) is 58.6 Å². The maximum absolute atomic E-state index is 11.9. The smallest absolute Gasteiger partial charge is 0.250 e. The summed E-state index contributed by atoms with van der Waals surface area (Å²) in [5.74, 6) is 0. The van der Waals surface area contributed by atoms with Crippen LogP contribution in [-0.2, 0) is 19.4 Å². The first-order valence-corrected chi connectivity index (χ1v) is 6.94. The summed E-state index contributed by atoms with van der Waals surface area (Å²) in [6.07, 6.45) is 4.40. The first-order chi connectivity index (χ1) is 8.47. The summed E-state index contributed by atoms with van der Waals surface area (Å²) < 4.78 is 1.98. The van der Waals surface area contributed by atoms with E-state index in [4.69, 9.17) is 0 Å². The second kappa shape index (κ2) is 5.27. The van der Waals surface area contributed by atoms with Crippen LogP contribution in [0.4, 0.5) is 0 Å². The van der Waals surface area contributed by atoms with Crippen LogP contribution in [0.3, 0.4) is 0 Å². The number of nitrogens with one attached hydrogen (secondary N) is 1. The molecule has 3 nitrogen and oxygen atoms in total. The van der Waals surface area contributed by atoms with Crippen LogP contribution in [0.1, 0.15) is 44.9 Å². The fraction of sp³-hybridized carbons (Fsp3) is 0.667. The van der Waals surface area contributed by atoms with Gasteiger partial charge in [-0.15, -0.1) is 0 Å². The van der Waals surface area contributed by atoms with Gasteiger partial charge in [-0.2, -0.15) is 0 Å². The summed E-state index contributed by atoms with van der Waals surface area (Å²) in [7, 11) is 0. The maximum atomic E-state index is 11.9. The predicted octanol–water partition coefficient (Wildman–Crippen LogP) is 2.12. The predicted molar refractivity (Wildman–Crippen MR) is 75.1 cm³/mol. The van der Waals surface area contributed by atoms with Crippen molar-refractivity contribution in [2.45, 2.75) is 58.5 Å². The molecule has 1 aromatic heterocycles. The summed E-state index contributed by atoms with van der Waals surface area (Å²) in [6.45, 7) is 8.29. The van der Waals surface area contributed by atoms with Gasteiger partial charge in [0, 0.05) is 23.8 Å². The lowest BCUT2D eigenvalue weighted by molar-refractivity contribution is 0.411. The summed E-state index contributed by atoms with van der Waals surface area (Å²) in [6, 6.07) is 3.73. The number of pyridine rings is 1. The van der Waals surface area contributed by atoms with Crippen molar-refractivity contribution in [1.29, 1.82) is 0 Å². The summed E-state index contributed by atoms with van der Waals surface area (Å²) in [4.78, 5) is 11.9. The highest BCUT2D eigenvalue weighted by atomic mass is 16.1. The highest BCUT2D eigenvalue weighted by molar-refractivity contribution is 5.25. The average molecular weight is 248 g/mol. The molecule has 3 heteroatoms. The Balaban J connectivity index is 1.98. The van der Waals surface area contributed by atoms with Crippen LogP contribution in [0.25, 0.3) is 0 Å². The molecule has 0 aliphatic heterocycles. The van der Waals surface area contributed by atoms with E-state index < -0.39 is 0 Å². The number of hydrogen-bond acceptors (Lipinski definition) is 2. The van der Waals surface area contributed by atoms with Crippen molar-refractivity contribution in [3.63, 3.8) is 0 Å². The van der Waals surface area contributed by atoms with E-state index in [9.17, 15) is 4.79 Å². The van der Waals surface area contributed by atoms with Crippen LogP contribution in [0, 0.1) is 0 Å². The number of hydrogen-bond donors (Lipinski definition) is 1. The zero-order valence-corrected chi connectivity index (χ0v) is 11.8. The van der Waals surface area contributed by atoms with Crippen LogP contribution >= 0.6 is 0 Å². The van der Waals surface area contributed by atoms with E-state index in [1.165, 1.54) is 17.7 Å². The molecule has 0 saturated carbocycles. The van der Waals surface area contributed by atoms with Crippen LogP contribution in [0.5, 0.6) is 0 Å². The molecule has 1 heterocycles.